The van der Waals surface area contributed by atoms with Crippen molar-refractivity contribution in [1.29, 1.82) is 0 Å². The molecule has 0 atom stereocenters. The van der Waals surface area contributed by atoms with Crippen molar-refractivity contribution < 1.29 is 0 Å². The molecule has 0 bridgehead atoms. The van der Waals surface area contributed by atoms with Crippen LogP contribution in [0.3, 0.4) is 0 Å². The summed E-state index contributed by atoms with van der Waals surface area (Å²) in [4.78, 5) is 9.38. The molecule has 3 rings (SSSR count). The average Bonchev–Trinajstić information content (AvgIpc) is 3.06. The number of aromatic nitrogens is 3. The summed E-state index contributed by atoms with van der Waals surface area (Å²) in [6.45, 7) is 9.04. The molecule has 0 aliphatic carbocycles. The summed E-state index contributed by atoms with van der Waals surface area (Å²) in [5, 5.41) is 8.16. The Morgan fingerprint density at radius 3 is 2.81 bits per heavy atom. The van der Waals surface area contributed by atoms with Crippen LogP contribution in [0.4, 0.5) is 5.82 Å². The Labute approximate surface area is 156 Å². The van der Waals surface area contributed by atoms with Crippen LogP contribution in [0.5, 0.6) is 0 Å². The van der Waals surface area contributed by atoms with E-state index >= 15 is 0 Å². The Kier molecular flexibility index (Phi) is 7.03. The standard InChI is InChI=1S/C20H32N6/c1-3-4-5-6-8-18-17-22-20-10-9-19(23-26(18)20)21-11-7-12-25-15-13-24(2)14-16-25/h6,8-10,17H,3-5,7,11-16H2,1-2H3,(H,21,23)/b8-6+. The number of piperazine rings is 1. The van der Waals surface area contributed by atoms with E-state index in [1.807, 2.05) is 22.8 Å². The summed E-state index contributed by atoms with van der Waals surface area (Å²) in [5.41, 5.74) is 1.93. The summed E-state index contributed by atoms with van der Waals surface area (Å²) in [5.74, 6) is 0.914. The lowest BCUT2D eigenvalue weighted by Gasteiger charge is -2.32. The zero-order chi connectivity index (χ0) is 18.2. The van der Waals surface area contributed by atoms with Gasteiger partial charge in [-0.15, -0.1) is 5.10 Å². The summed E-state index contributed by atoms with van der Waals surface area (Å²) in [6.07, 6.45) is 10.9. The van der Waals surface area contributed by atoms with Gasteiger partial charge < -0.3 is 15.1 Å². The topological polar surface area (TPSA) is 48.7 Å². The van der Waals surface area contributed by atoms with Crippen LogP contribution in [0.25, 0.3) is 11.7 Å². The molecule has 2 aromatic rings. The maximum Gasteiger partial charge on any atom is 0.154 e. The predicted octanol–water partition coefficient (Wildman–Crippen LogP) is 2.98. The molecule has 6 nitrogen and oxygen atoms in total. The molecule has 0 aromatic carbocycles. The van der Waals surface area contributed by atoms with Crippen LogP contribution in [-0.4, -0.2) is 70.7 Å². The van der Waals surface area contributed by atoms with Gasteiger partial charge in [0.15, 0.2) is 5.65 Å². The molecule has 1 aliphatic rings. The van der Waals surface area contributed by atoms with E-state index < -0.39 is 0 Å². The largest absolute Gasteiger partial charge is 0.369 e. The number of hydrogen-bond donors (Lipinski definition) is 1. The molecular formula is C20H32N6. The zero-order valence-electron chi connectivity index (χ0n) is 16.2. The van der Waals surface area contributed by atoms with Crippen LogP contribution in [0.2, 0.25) is 0 Å². The van der Waals surface area contributed by atoms with Gasteiger partial charge in [-0.3, -0.25) is 0 Å². The van der Waals surface area contributed by atoms with E-state index in [2.05, 4.69) is 46.2 Å². The first-order valence-electron chi connectivity index (χ1n) is 9.92. The number of allylic oxidation sites excluding steroid dienone is 1. The second-order valence-corrected chi connectivity index (χ2v) is 7.14. The molecule has 3 heterocycles. The zero-order valence-corrected chi connectivity index (χ0v) is 16.2. The molecule has 1 fully saturated rings. The number of likely N-dealkylation sites (N-methyl/N-ethyl adjacent to an activating group) is 1. The Bertz CT molecular complexity index is 699. The van der Waals surface area contributed by atoms with E-state index in [1.165, 1.54) is 39.0 Å². The first kappa shape index (κ1) is 18.9. The average molecular weight is 357 g/mol. The third-order valence-electron chi connectivity index (χ3n) is 4.95. The van der Waals surface area contributed by atoms with Gasteiger partial charge in [-0.05, 0) is 44.6 Å². The second-order valence-electron chi connectivity index (χ2n) is 7.14. The highest BCUT2D eigenvalue weighted by molar-refractivity contribution is 5.53. The minimum atomic E-state index is 0.892. The SMILES string of the molecule is CCCC/C=C/c1cnc2ccc(NCCCN3CCN(C)CC3)nn12. The van der Waals surface area contributed by atoms with E-state index in [-0.39, 0.29) is 0 Å². The Morgan fingerprint density at radius 1 is 1.15 bits per heavy atom. The molecule has 1 aliphatic heterocycles. The lowest BCUT2D eigenvalue weighted by Crippen LogP contribution is -2.44. The van der Waals surface area contributed by atoms with E-state index in [0.717, 1.165) is 43.1 Å². The highest BCUT2D eigenvalue weighted by Gasteiger charge is 2.12. The molecule has 0 spiro atoms. The van der Waals surface area contributed by atoms with E-state index in [0.29, 0.717) is 0 Å². The minimum Gasteiger partial charge on any atom is -0.369 e. The first-order chi connectivity index (χ1) is 12.8. The molecule has 142 valence electrons. The molecule has 0 unspecified atom stereocenters. The van der Waals surface area contributed by atoms with Crippen LogP contribution in [0.15, 0.2) is 24.4 Å². The van der Waals surface area contributed by atoms with E-state index in [9.17, 15) is 0 Å². The second kappa shape index (κ2) is 9.69. The maximum absolute atomic E-state index is 4.70. The monoisotopic (exact) mass is 356 g/mol. The molecular weight excluding hydrogens is 324 g/mol. The number of rotatable bonds is 9. The van der Waals surface area contributed by atoms with Crippen LogP contribution >= 0.6 is 0 Å². The van der Waals surface area contributed by atoms with Gasteiger partial charge in [-0.25, -0.2) is 9.50 Å². The smallest absolute Gasteiger partial charge is 0.154 e. The lowest BCUT2D eigenvalue weighted by atomic mass is 10.2. The summed E-state index contributed by atoms with van der Waals surface area (Å²) in [7, 11) is 2.20. The highest BCUT2D eigenvalue weighted by Crippen LogP contribution is 2.11. The third-order valence-corrected chi connectivity index (χ3v) is 4.95. The minimum absolute atomic E-state index is 0.892. The van der Waals surface area contributed by atoms with Crippen molar-refractivity contribution in [1.82, 2.24) is 24.4 Å². The van der Waals surface area contributed by atoms with Gasteiger partial charge in [-0.2, -0.15) is 0 Å². The summed E-state index contributed by atoms with van der Waals surface area (Å²) < 4.78 is 1.92. The van der Waals surface area contributed by atoms with Gasteiger partial charge in [0.1, 0.15) is 5.82 Å². The molecule has 1 saturated heterocycles. The highest BCUT2D eigenvalue weighted by atomic mass is 15.3. The van der Waals surface area contributed by atoms with E-state index in [4.69, 9.17) is 5.10 Å². The predicted molar refractivity (Wildman–Crippen MR) is 109 cm³/mol. The Hall–Kier alpha value is -1.92. The lowest BCUT2D eigenvalue weighted by molar-refractivity contribution is 0.154. The van der Waals surface area contributed by atoms with E-state index in [1.54, 1.807) is 0 Å². The molecule has 26 heavy (non-hydrogen) atoms. The summed E-state index contributed by atoms with van der Waals surface area (Å²) >= 11 is 0. The Morgan fingerprint density at radius 2 is 2.00 bits per heavy atom. The van der Waals surface area contributed by atoms with Gasteiger partial charge >= 0.3 is 0 Å². The fourth-order valence-corrected chi connectivity index (χ4v) is 3.22. The van der Waals surface area contributed by atoms with Crippen LogP contribution < -0.4 is 5.32 Å². The molecule has 0 amide bonds. The maximum atomic E-state index is 4.70. The molecule has 2 aromatic heterocycles. The Balaban J connectivity index is 1.49. The van der Waals surface area contributed by atoms with Crippen molar-refractivity contribution >= 4 is 17.5 Å². The quantitative estimate of drug-likeness (QED) is 0.700. The number of fused-ring (bicyclic) bond motifs is 1. The fraction of sp³-hybridized carbons (Fsp3) is 0.600. The molecule has 0 radical (unpaired) electrons. The fourth-order valence-electron chi connectivity index (χ4n) is 3.22. The van der Waals surface area contributed by atoms with Gasteiger partial charge in [0.25, 0.3) is 0 Å². The van der Waals surface area contributed by atoms with Crippen molar-refractivity contribution in [2.75, 3.05) is 51.6 Å². The van der Waals surface area contributed by atoms with Crippen molar-refractivity contribution in [3.8, 4) is 0 Å². The number of unbranched alkanes of at least 4 members (excludes halogenated alkanes) is 2. The van der Waals surface area contributed by atoms with Gasteiger partial charge in [-0.1, -0.05) is 25.8 Å². The van der Waals surface area contributed by atoms with Crippen LogP contribution in [0, 0.1) is 0 Å². The number of hydrogen-bond acceptors (Lipinski definition) is 5. The number of nitrogens with zero attached hydrogens (tertiary/aromatic N) is 5. The van der Waals surface area contributed by atoms with Crippen molar-refractivity contribution in [2.24, 2.45) is 0 Å². The number of anilines is 1. The van der Waals surface area contributed by atoms with Crippen LogP contribution in [0.1, 0.15) is 38.3 Å². The summed E-state index contributed by atoms with van der Waals surface area (Å²) in [6, 6.07) is 4.04. The van der Waals surface area contributed by atoms with Crippen molar-refractivity contribution in [2.45, 2.75) is 32.6 Å². The normalized spacial score (nSPS) is 16.7. The van der Waals surface area contributed by atoms with Gasteiger partial charge in [0, 0.05) is 32.7 Å². The first-order valence-corrected chi connectivity index (χ1v) is 9.92. The molecule has 0 saturated carbocycles. The number of imidazole rings is 1. The molecule has 1 N–H and O–H groups in total. The van der Waals surface area contributed by atoms with Crippen molar-refractivity contribution in [3.05, 3.63) is 30.1 Å². The van der Waals surface area contributed by atoms with Gasteiger partial charge in [0.05, 0.1) is 11.9 Å². The molecule has 6 heteroatoms. The van der Waals surface area contributed by atoms with Crippen molar-refractivity contribution in [3.63, 3.8) is 0 Å². The van der Waals surface area contributed by atoms with Crippen LogP contribution in [-0.2, 0) is 0 Å². The third kappa shape index (κ3) is 5.29. The van der Waals surface area contributed by atoms with Gasteiger partial charge in [0.2, 0.25) is 0 Å². The number of nitrogens with one attached hydrogen (secondary N) is 1.